The summed E-state index contributed by atoms with van der Waals surface area (Å²) in [5.74, 6) is 0.400. The molecule has 0 aliphatic heterocycles. The minimum absolute atomic E-state index is 0.257. The first-order valence-corrected chi connectivity index (χ1v) is 5.86. The van der Waals surface area contributed by atoms with Crippen LogP contribution in [0.1, 0.15) is 0 Å². The first-order chi connectivity index (χ1) is 8.54. The van der Waals surface area contributed by atoms with Crippen molar-refractivity contribution in [3.8, 4) is 16.9 Å². The molecule has 18 heavy (non-hydrogen) atoms. The van der Waals surface area contributed by atoms with E-state index in [1.54, 1.807) is 25.2 Å². The number of aromatic nitrogens is 2. The maximum Gasteiger partial charge on any atom is 0.278 e. The number of rotatable bonds is 2. The molecule has 2 rings (SSSR count). The number of hydrogen-bond donors (Lipinski definition) is 0. The van der Waals surface area contributed by atoms with Gasteiger partial charge in [0, 0.05) is 7.05 Å². The zero-order valence-corrected chi connectivity index (χ0v) is 11.3. The minimum atomic E-state index is -0.257. The molecule has 0 atom stereocenters. The van der Waals surface area contributed by atoms with Gasteiger partial charge in [-0.15, -0.1) is 0 Å². The lowest BCUT2D eigenvalue weighted by molar-refractivity contribution is 0.410. The van der Waals surface area contributed by atoms with Crippen molar-refractivity contribution in [2.24, 2.45) is 7.05 Å². The van der Waals surface area contributed by atoms with Gasteiger partial charge in [-0.3, -0.25) is 4.79 Å². The Bertz CT molecular complexity index is 653. The van der Waals surface area contributed by atoms with Gasteiger partial charge in [0.05, 0.1) is 28.9 Å². The number of nitrogens with zero attached hydrogens (tertiary/aromatic N) is 2. The molecule has 0 radical (unpaired) electrons. The quantitative estimate of drug-likeness (QED) is 0.852. The molecule has 0 unspecified atom stereocenters. The molecule has 0 aliphatic carbocycles. The Kier molecular flexibility index (Phi) is 3.59. The molecule has 4 nitrogen and oxygen atoms in total. The van der Waals surface area contributed by atoms with Crippen LogP contribution in [0.25, 0.3) is 11.1 Å². The van der Waals surface area contributed by atoms with E-state index in [4.69, 9.17) is 27.9 Å². The van der Waals surface area contributed by atoms with Crippen LogP contribution in [0.4, 0.5) is 0 Å². The van der Waals surface area contributed by atoms with Crippen molar-refractivity contribution in [3.63, 3.8) is 0 Å². The Morgan fingerprint density at radius 3 is 2.61 bits per heavy atom. The van der Waals surface area contributed by atoms with Crippen molar-refractivity contribution in [2.45, 2.75) is 0 Å². The van der Waals surface area contributed by atoms with Gasteiger partial charge < -0.3 is 4.74 Å². The van der Waals surface area contributed by atoms with Gasteiger partial charge >= 0.3 is 0 Å². The second-order valence-corrected chi connectivity index (χ2v) is 4.46. The minimum Gasteiger partial charge on any atom is -0.494 e. The summed E-state index contributed by atoms with van der Waals surface area (Å²) in [6.45, 7) is 0. The van der Waals surface area contributed by atoms with Crippen LogP contribution in [0.2, 0.25) is 10.0 Å². The maximum atomic E-state index is 12.1. The number of ether oxygens (including phenoxy) is 1. The molecule has 0 spiro atoms. The molecular formula is C12H10Cl2N2O2. The number of aryl methyl sites for hydroxylation is 1. The van der Waals surface area contributed by atoms with E-state index in [0.717, 1.165) is 0 Å². The Balaban J connectivity index is 2.73. The summed E-state index contributed by atoms with van der Waals surface area (Å²) < 4.78 is 6.39. The van der Waals surface area contributed by atoms with Gasteiger partial charge in [-0.25, -0.2) is 4.68 Å². The molecule has 0 saturated carbocycles. The van der Waals surface area contributed by atoms with Gasteiger partial charge in [0.2, 0.25) is 0 Å². The third-order valence-electron chi connectivity index (χ3n) is 2.53. The lowest BCUT2D eigenvalue weighted by Gasteiger charge is -2.09. The van der Waals surface area contributed by atoms with Crippen LogP contribution in [0.3, 0.4) is 0 Å². The van der Waals surface area contributed by atoms with Gasteiger partial charge in [0.1, 0.15) is 0 Å². The average molecular weight is 285 g/mol. The fourth-order valence-electron chi connectivity index (χ4n) is 1.60. The zero-order valence-electron chi connectivity index (χ0n) is 9.78. The zero-order chi connectivity index (χ0) is 13.3. The molecule has 94 valence electrons. The summed E-state index contributed by atoms with van der Waals surface area (Å²) in [5.41, 5.74) is 0.797. The van der Waals surface area contributed by atoms with Crippen molar-refractivity contribution >= 4 is 23.2 Å². The molecular weight excluding hydrogens is 275 g/mol. The third-order valence-corrected chi connectivity index (χ3v) is 3.27. The Morgan fingerprint density at radius 1 is 1.28 bits per heavy atom. The summed E-state index contributed by atoms with van der Waals surface area (Å²) >= 11 is 11.8. The number of methoxy groups -OCH3 is 1. The van der Waals surface area contributed by atoms with Crippen molar-refractivity contribution in [2.75, 3.05) is 7.11 Å². The maximum absolute atomic E-state index is 12.1. The fraction of sp³-hybridized carbons (Fsp3) is 0.167. The average Bonchev–Trinajstić information content (AvgIpc) is 2.36. The number of halogens is 2. The molecule has 1 aromatic carbocycles. The van der Waals surface area contributed by atoms with Crippen LogP contribution in [0.5, 0.6) is 5.75 Å². The highest BCUT2D eigenvalue weighted by Crippen LogP contribution is 2.30. The van der Waals surface area contributed by atoms with Crippen LogP contribution in [-0.4, -0.2) is 16.9 Å². The highest BCUT2D eigenvalue weighted by atomic mass is 35.5. The molecule has 0 amide bonds. The van der Waals surface area contributed by atoms with E-state index >= 15 is 0 Å². The predicted molar refractivity (Wildman–Crippen MR) is 71.5 cm³/mol. The van der Waals surface area contributed by atoms with E-state index in [1.807, 2.05) is 0 Å². The van der Waals surface area contributed by atoms with E-state index in [-0.39, 0.29) is 5.56 Å². The van der Waals surface area contributed by atoms with E-state index in [1.165, 1.54) is 18.0 Å². The highest BCUT2D eigenvalue weighted by molar-refractivity contribution is 6.42. The van der Waals surface area contributed by atoms with E-state index in [2.05, 4.69) is 5.10 Å². The fourth-order valence-corrected chi connectivity index (χ4v) is 1.89. The summed E-state index contributed by atoms with van der Waals surface area (Å²) in [7, 11) is 3.06. The van der Waals surface area contributed by atoms with Crippen LogP contribution >= 0.6 is 23.2 Å². The summed E-state index contributed by atoms with van der Waals surface area (Å²) in [6.07, 6.45) is 1.49. The first kappa shape index (κ1) is 12.9. The standard InChI is InChI=1S/C12H10Cl2N2O2/c1-16-12(17)11(10(18-2)6-15-16)7-3-4-8(13)9(14)5-7/h3-6H,1-2H3. The molecule has 0 fully saturated rings. The van der Waals surface area contributed by atoms with Crippen molar-refractivity contribution in [3.05, 3.63) is 44.8 Å². The number of benzene rings is 1. The molecule has 2 aromatic rings. The predicted octanol–water partition coefficient (Wildman–Crippen LogP) is 2.76. The lowest BCUT2D eigenvalue weighted by Crippen LogP contribution is -2.21. The van der Waals surface area contributed by atoms with Crippen molar-refractivity contribution in [1.29, 1.82) is 0 Å². The normalized spacial score (nSPS) is 10.4. The monoisotopic (exact) mass is 284 g/mol. The van der Waals surface area contributed by atoms with Gasteiger partial charge in [-0.2, -0.15) is 5.10 Å². The van der Waals surface area contributed by atoms with E-state index in [9.17, 15) is 4.79 Å². The van der Waals surface area contributed by atoms with Gasteiger partial charge in [0.15, 0.2) is 5.75 Å². The first-order valence-electron chi connectivity index (χ1n) is 5.10. The Labute approximate surface area is 114 Å². The van der Waals surface area contributed by atoms with Gasteiger partial charge in [0.25, 0.3) is 5.56 Å². The van der Waals surface area contributed by atoms with E-state index < -0.39 is 0 Å². The van der Waals surface area contributed by atoms with Crippen LogP contribution in [0.15, 0.2) is 29.2 Å². The van der Waals surface area contributed by atoms with Crippen LogP contribution in [-0.2, 0) is 7.05 Å². The molecule has 0 bridgehead atoms. The summed E-state index contributed by atoms with van der Waals surface area (Å²) in [6, 6.07) is 4.98. The smallest absolute Gasteiger partial charge is 0.278 e. The van der Waals surface area contributed by atoms with Gasteiger partial charge in [-0.1, -0.05) is 29.3 Å². The lowest BCUT2D eigenvalue weighted by atomic mass is 10.1. The van der Waals surface area contributed by atoms with Crippen LogP contribution < -0.4 is 10.3 Å². The molecule has 1 aromatic heterocycles. The van der Waals surface area contributed by atoms with Crippen LogP contribution in [0, 0.1) is 0 Å². The van der Waals surface area contributed by atoms with E-state index in [0.29, 0.717) is 26.9 Å². The summed E-state index contributed by atoms with van der Waals surface area (Å²) in [5, 5.41) is 4.72. The third kappa shape index (κ3) is 2.21. The Morgan fingerprint density at radius 2 is 2.00 bits per heavy atom. The van der Waals surface area contributed by atoms with Crippen molar-refractivity contribution < 1.29 is 4.74 Å². The second kappa shape index (κ2) is 5.00. The topological polar surface area (TPSA) is 44.1 Å². The van der Waals surface area contributed by atoms with Crippen molar-refractivity contribution in [1.82, 2.24) is 9.78 Å². The molecule has 1 heterocycles. The largest absolute Gasteiger partial charge is 0.494 e. The molecule has 6 heteroatoms. The van der Waals surface area contributed by atoms with Gasteiger partial charge in [-0.05, 0) is 17.7 Å². The molecule has 0 saturated heterocycles. The Hall–Kier alpha value is -1.52. The molecule has 0 aliphatic rings. The SMILES string of the molecule is COc1cnn(C)c(=O)c1-c1ccc(Cl)c(Cl)c1. The second-order valence-electron chi connectivity index (χ2n) is 3.65. The summed E-state index contributed by atoms with van der Waals surface area (Å²) in [4.78, 5) is 12.1. The highest BCUT2D eigenvalue weighted by Gasteiger charge is 2.13. The molecule has 0 N–H and O–H groups in total. The number of hydrogen-bond acceptors (Lipinski definition) is 3.